The summed E-state index contributed by atoms with van der Waals surface area (Å²) in [6.45, 7) is 4.53. The smallest absolute Gasteiger partial charge is 0.330 e. The second-order valence-corrected chi connectivity index (χ2v) is 4.18. The van der Waals surface area contributed by atoms with Crippen LogP contribution in [0.25, 0.3) is 0 Å². The van der Waals surface area contributed by atoms with Crippen LogP contribution in [-0.4, -0.2) is 48.7 Å². The lowest BCUT2D eigenvalue weighted by atomic mass is 10.1. The van der Waals surface area contributed by atoms with E-state index in [0.717, 1.165) is 25.9 Å². The molecule has 0 aromatic rings. The predicted octanol–water partition coefficient (Wildman–Crippen LogP) is 0.701. The predicted molar refractivity (Wildman–Crippen MR) is 59.9 cm³/mol. The highest BCUT2D eigenvalue weighted by atomic mass is 16.4. The summed E-state index contributed by atoms with van der Waals surface area (Å²) in [6, 6.07) is 0.541. The second kappa shape index (κ2) is 5.88. The first-order valence-electron chi connectivity index (χ1n) is 5.41. The van der Waals surface area contributed by atoms with Crippen LogP contribution in [0.15, 0.2) is 11.6 Å². The summed E-state index contributed by atoms with van der Waals surface area (Å²) < 4.78 is 0. The standard InChI is InChI=1S/C11H20N2O2/c1-9(11(14)15)3-6-12-10-4-7-13(2)8-5-10/h3,10,12H,4-8H2,1-2H3,(H,14,15)/b9-3-. The molecule has 0 aliphatic carbocycles. The van der Waals surface area contributed by atoms with Crippen LogP contribution >= 0.6 is 0 Å². The van der Waals surface area contributed by atoms with E-state index in [-0.39, 0.29) is 0 Å². The molecule has 0 bridgehead atoms. The Morgan fingerprint density at radius 3 is 2.67 bits per heavy atom. The summed E-state index contributed by atoms with van der Waals surface area (Å²) in [5, 5.41) is 12.0. The Hall–Kier alpha value is -0.870. The molecule has 1 fully saturated rings. The van der Waals surface area contributed by atoms with E-state index in [0.29, 0.717) is 18.2 Å². The van der Waals surface area contributed by atoms with Crippen molar-refractivity contribution in [1.82, 2.24) is 10.2 Å². The van der Waals surface area contributed by atoms with Crippen molar-refractivity contribution in [3.8, 4) is 0 Å². The van der Waals surface area contributed by atoms with Gasteiger partial charge < -0.3 is 15.3 Å². The number of piperidine rings is 1. The van der Waals surface area contributed by atoms with E-state index in [1.165, 1.54) is 0 Å². The van der Waals surface area contributed by atoms with Gasteiger partial charge in [0.2, 0.25) is 0 Å². The minimum Gasteiger partial charge on any atom is -0.478 e. The molecule has 0 spiro atoms. The van der Waals surface area contributed by atoms with Crippen molar-refractivity contribution < 1.29 is 9.90 Å². The van der Waals surface area contributed by atoms with E-state index in [1.807, 2.05) is 0 Å². The largest absolute Gasteiger partial charge is 0.478 e. The second-order valence-electron chi connectivity index (χ2n) is 4.18. The number of carbonyl (C=O) groups is 1. The molecule has 4 heteroatoms. The Morgan fingerprint density at radius 2 is 2.13 bits per heavy atom. The van der Waals surface area contributed by atoms with E-state index in [2.05, 4.69) is 17.3 Å². The van der Waals surface area contributed by atoms with Crippen LogP contribution in [0.3, 0.4) is 0 Å². The average molecular weight is 212 g/mol. The molecule has 0 amide bonds. The van der Waals surface area contributed by atoms with Gasteiger partial charge in [0.05, 0.1) is 0 Å². The normalized spacial score (nSPS) is 20.5. The van der Waals surface area contributed by atoms with Gasteiger partial charge in [0, 0.05) is 18.2 Å². The summed E-state index contributed by atoms with van der Waals surface area (Å²) in [7, 11) is 2.13. The van der Waals surface area contributed by atoms with Crippen molar-refractivity contribution in [2.75, 3.05) is 26.7 Å². The number of nitrogens with zero attached hydrogens (tertiary/aromatic N) is 1. The van der Waals surface area contributed by atoms with Crippen LogP contribution in [0, 0.1) is 0 Å². The molecule has 1 aliphatic rings. The summed E-state index contributed by atoms with van der Waals surface area (Å²) in [6.07, 6.45) is 4.04. The molecule has 4 nitrogen and oxygen atoms in total. The molecular weight excluding hydrogens is 192 g/mol. The van der Waals surface area contributed by atoms with E-state index < -0.39 is 5.97 Å². The maximum Gasteiger partial charge on any atom is 0.330 e. The molecular formula is C11H20N2O2. The highest BCUT2D eigenvalue weighted by molar-refractivity contribution is 5.85. The van der Waals surface area contributed by atoms with E-state index in [1.54, 1.807) is 13.0 Å². The first kappa shape index (κ1) is 12.2. The maximum atomic E-state index is 10.5. The number of rotatable bonds is 4. The number of likely N-dealkylation sites (tertiary alicyclic amines) is 1. The minimum atomic E-state index is -0.833. The van der Waals surface area contributed by atoms with Crippen molar-refractivity contribution >= 4 is 5.97 Å². The fraction of sp³-hybridized carbons (Fsp3) is 0.727. The molecule has 0 aromatic heterocycles. The number of hydrogen-bond donors (Lipinski definition) is 2. The van der Waals surface area contributed by atoms with Gasteiger partial charge in [-0.15, -0.1) is 0 Å². The molecule has 1 rings (SSSR count). The van der Waals surface area contributed by atoms with Crippen molar-refractivity contribution in [2.24, 2.45) is 0 Å². The fourth-order valence-electron chi connectivity index (χ4n) is 1.68. The van der Waals surface area contributed by atoms with E-state index in [4.69, 9.17) is 5.11 Å². The van der Waals surface area contributed by atoms with Gasteiger partial charge in [-0.05, 0) is 39.9 Å². The molecule has 1 saturated heterocycles. The maximum absolute atomic E-state index is 10.5. The van der Waals surface area contributed by atoms with Gasteiger partial charge in [-0.2, -0.15) is 0 Å². The monoisotopic (exact) mass is 212 g/mol. The molecule has 0 unspecified atom stereocenters. The zero-order valence-corrected chi connectivity index (χ0v) is 9.49. The molecule has 0 aromatic carbocycles. The number of nitrogens with one attached hydrogen (secondary N) is 1. The quantitative estimate of drug-likeness (QED) is 0.674. The number of aliphatic carboxylic acids is 1. The molecule has 86 valence electrons. The Morgan fingerprint density at radius 1 is 1.53 bits per heavy atom. The number of hydrogen-bond acceptors (Lipinski definition) is 3. The third kappa shape index (κ3) is 4.44. The minimum absolute atomic E-state index is 0.412. The topological polar surface area (TPSA) is 52.6 Å². The van der Waals surface area contributed by atoms with Crippen LogP contribution < -0.4 is 5.32 Å². The summed E-state index contributed by atoms with van der Waals surface area (Å²) in [4.78, 5) is 12.8. The Bertz CT molecular complexity index is 243. The number of carboxylic acid groups (broad SMARTS) is 1. The highest BCUT2D eigenvalue weighted by Crippen LogP contribution is 2.07. The first-order chi connectivity index (χ1) is 7.09. The van der Waals surface area contributed by atoms with Crippen LogP contribution in [0.2, 0.25) is 0 Å². The van der Waals surface area contributed by atoms with Crippen LogP contribution in [-0.2, 0) is 4.79 Å². The van der Waals surface area contributed by atoms with Gasteiger partial charge in [-0.1, -0.05) is 6.08 Å². The van der Waals surface area contributed by atoms with Gasteiger partial charge in [0.15, 0.2) is 0 Å². The van der Waals surface area contributed by atoms with Gasteiger partial charge >= 0.3 is 5.97 Å². The van der Waals surface area contributed by atoms with Crippen molar-refractivity contribution in [1.29, 1.82) is 0 Å². The van der Waals surface area contributed by atoms with Gasteiger partial charge in [-0.25, -0.2) is 4.79 Å². The zero-order chi connectivity index (χ0) is 11.3. The molecule has 0 atom stereocenters. The zero-order valence-electron chi connectivity index (χ0n) is 9.49. The molecule has 0 saturated carbocycles. The van der Waals surface area contributed by atoms with E-state index in [9.17, 15) is 4.79 Å². The third-order valence-electron chi connectivity index (χ3n) is 2.87. The lowest BCUT2D eigenvalue weighted by Gasteiger charge is -2.29. The van der Waals surface area contributed by atoms with Gasteiger partial charge in [0.25, 0.3) is 0 Å². The van der Waals surface area contributed by atoms with Gasteiger partial charge in [0.1, 0.15) is 0 Å². The molecule has 2 N–H and O–H groups in total. The van der Waals surface area contributed by atoms with Crippen LogP contribution in [0.5, 0.6) is 0 Å². The SMILES string of the molecule is C/C(=C/CNC1CCN(C)CC1)C(=O)O. The van der Waals surface area contributed by atoms with E-state index >= 15 is 0 Å². The average Bonchev–Trinajstić information content (AvgIpc) is 2.20. The molecule has 1 aliphatic heterocycles. The summed E-state index contributed by atoms with van der Waals surface area (Å²) >= 11 is 0. The Labute approximate surface area is 91.0 Å². The van der Waals surface area contributed by atoms with Crippen molar-refractivity contribution in [3.63, 3.8) is 0 Å². The molecule has 0 radical (unpaired) electrons. The van der Waals surface area contributed by atoms with Crippen LogP contribution in [0.4, 0.5) is 0 Å². The lowest BCUT2D eigenvalue weighted by Crippen LogP contribution is -2.40. The summed E-state index contributed by atoms with van der Waals surface area (Å²) in [5.41, 5.74) is 0.412. The van der Waals surface area contributed by atoms with Crippen LogP contribution in [0.1, 0.15) is 19.8 Å². The molecule has 15 heavy (non-hydrogen) atoms. The molecule has 1 heterocycles. The van der Waals surface area contributed by atoms with Gasteiger partial charge in [-0.3, -0.25) is 0 Å². The summed E-state index contributed by atoms with van der Waals surface area (Å²) in [5.74, 6) is -0.833. The Kier molecular flexibility index (Phi) is 4.78. The Balaban J connectivity index is 2.20. The third-order valence-corrected chi connectivity index (χ3v) is 2.87. The fourth-order valence-corrected chi connectivity index (χ4v) is 1.68. The number of carboxylic acids is 1. The highest BCUT2D eigenvalue weighted by Gasteiger charge is 2.15. The lowest BCUT2D eigenvalue weighted by molar-refractivity contribution is -0.132. The van der Waals surface area contributed by atoms with Crippen molar-refractivity contribution in [2.45, 2.75) is 25.8 Å². The van der Waals surface area contributed by atoms with Crippen molar-refractivity contribution in [3.05, 3.63) is 11.6 Å². The first-order valence-corrected chi connectivity index (χ1v) is 5.41.